The van der Waals surface area contributed by atoms with Crippen molar-refractivity contribution >= 4 is 21.8 Å². The molecule has 2 N–H and O–H groups in total. The second-order valence-corrected chi connectivity index (χ2v) is 12.0. The van der Waals surface area contributed by atoms with Gasteiger partial charge in [0.25, 0.3) is 16.0 Å². The molecule has 0 unspecified atom stereocenters. The Morgan fingerprint density at radius 1 is 1.09 bits per heavy atom. The van der Waals surface area contributed by atoms with Gasteiger partial charge in [0.05, 0.1) is 25.3 Å². The lowest BCUT2D eigenvalue weighted by molar-refractivity contribution is 0.0944. The highest BCUT2D eigenvalue weighted by molar-refractivity contribution is 7.85. The molecule has 3 heterocycles. The predicted molar refractivity (Wildman–Crippen MR) is 162 cm³/mol. The largest absolute Gasteiger partial charge is 0.497 e. The number of rotatable bonds is 12. The Labute approximate surface area is 254 Å². The van der Waals surface area contributed by atoms with Crippen molar-refractivity contribution in [3.63, 3.8) is 0 Å². The number of carbonyl (C=O) groups excluding carboxylic acids is 1. The molecule has 1 fully saturated rings. The molecule has 0 spiro atoms. The topological polar surface area (TPSA) is 149 Å². The van der Waals surface area contributed by atoms with Gasteiger partial charge in [-0.25, -0.2) is 14.4 Å². The minimum absolute atomic E-state index is 0.0220. The summed E-state index contributed by atoms with van der Waals surface area (Å²) in [6.07, 6.45) is 5.32. The zero-order chi connectivity index (χ0) is 31.1. The SMILES string of the molecule is COc1cc(OCCOS(C)(=O)=O)cc(C(=O)NCC2CCN(c3nc(-c4cccc(-c5ccn[nH]5)c4)ncc3F)CC2)c1. The fourth-order valence-corrected chi connectivity index (χ4v) is 5.27. The number of ether oxygens (including phenoxy) is 2. The van der Waals surface area contributed by atoms with Gasteiger partial charge in [-0.15, -0.1) is 0 Å². The van der Waals surface area contributed by atoms with E-state index in [1.54, 1.807) is 24.4 Å². The Kier molecular flexibility index (Phi) is 9.70. The van der Waals surface area contributed by atoms with Gasteiger partial charge in [-0.05, 0) is 43.0 Å². The Hall–Kier alpha value is -4.56. The maximum Gasteiger partial charge on any atom is 0.264 e. The van der Waals surface area contributed by atoms with Gasteiger partial charge >= 0.3 is 0 Å². The number of aromatic nitrogens is 4. The number of hydrogen-bond acceptors (Lipinski definition) is 10. The molecular formula is C30H33FN6O6S. The molecule has 2 aromatic carbocycles. The molecule has 1 saturated heterocycles. The van der Waals surface area contributed by atoms with Crippen LogP contribution in [-0.4, -0.2) is 80.7 Å². The molecule has 0 radical (unpaired) electrons. The number of hydrogen-bond donors (Lipinski definition) is 2. The van der Waals surface area contributed by atoms with Crippen LogP contribution in [0, 0.1) is 11.7 Å². The smallest absolute Gasteiger partial charge is 0.264 e. The normalized spacial score (nSPS) is 13.9. The van der Waals surface area contributed by atoms with Gasteiger partial charge in [0.2, 0.25) is 0 Å². The van der Waals surface area contributed by atoms with Gasteiger partial charge in [-0.1, -0.05) is 18.2 Å². The molecule has 5 rings (SSSR count). The zero-order valence-electron chi connectivity index (χ0n) is 24.3. The first-order chi connectivity index (χ1) is 21.2. The van der Waals surface area contributed by atoms with Crippen molar-refractivity contribution in [1.29, 1.82) is 0 Å². The fraction of sp³-hybridized carbons (Fsp3) is 0.333. The molecule has 4 aromatic rings. The molecule has 1 aliphatic rings. The quantitative estimate of drug-likeness (QED) is 0.177. The number of anilines is 1. The number of methoxy groups -OCH3 is 1. The Morgan fingerprint density at radius 2 is 1.86 bits per heavy atom. The highest BCUT2D eigenvalue weighted by Crippen LogP contribution is 2.28. The summed E-state index contributed by atoms with van der Waals surface area (Å²) in [7, 11) is -2.10. The van der Waals surface area contributed by atoms with Crippen LogP contribution in [0.25, 0.3) is 22.6 Å². The number of benzene rings is 2. The van der Waals surface area contributed by atoms with Crippen LogP contribution in [0.4, 0.5) is 10.2 Å². The van der Waals surface area contributed by atoms with Crippen LogP contribution in [0.5, 0.6) is 11.5 Å². The summed E-state index contributed by atoms with van der Waals surface area (Å²) in [6, 6.07) is 14.3. The van der Waals surface area contributed by atoms with Crippen LogP contribution in [0.3, 0.4) is 0 Å². The van der Waals surface area contributed by atoms with Crippen LogP contribution < -0.4 is 19.7 Å². The third-order valence-electron chi connectivity index (χ3n) is 7.15. The first-order valence-electron chi connectivity index (χ1n) is 14.0. The number of nitrogens with one attached hydrogen (secondary N) is 2. The molecule has 0 atom stereocenters. The summed E-state index contributed by atoms with van der Waals surface area (Å²) in [4.78, 5) is 23.7. The molecule has 0 aliphatic carbocycles. The fourth-order valence-electron chi connectivity index (χ4n) is 4.90. The van der Waals surface area contributed by atoms with E-state index in [4.69, 9.17) is 9.47 Å². The number of halogens is 1. The van der Waals surface area contributed by atoms with Crippen molar-refractivity contribution in [3.05, 3.63) is 72.3 Å². The Balaban J connectivity index is 1.16. The molecule has 12 nitrogen and oxygen atoms in total. The van der Waals surface area contributed by atoms with Gasteiger partial charge in [0.15, 0.2) is 17.5 Å². The van der Waals surface area contributed by atoms with Crippen molar-refractivity contribution in [3.8, 4) is 34.1 Å². The lowest BCUT2D eigenvalue weighted by Gasteiger charge is -2.33. The number of amides is 1. The predicted octanol–water partition coefficient (Wildman–Crippen LogP) is 3.68. The molecule has 232 valence electrons. The van der Waals surface area contributed by atoms with Crippen molar-refractivity contribution in [2.75, 3.05) is 51.1 Å². The van der Waals surface area contributed by atoms with Crippen LogP contribution in [0.1, 0.15) is 23.2 Å². The van der Waals surface area contributed by atoms with Crippen molar-refractivity contribution in [2.24, 2.45) is 5.92 Å². The van der Waals surface area contributed by atoms with E-state index in [0.29, 0.717) is 42.5 Å². The zero-order valence-corrected chi connectivity index (χ0v) is 25.1. The van der Waals surface area contributed by atoms with Crippen LogP contribution >= 0.6 is 0 Å². The lowest BCUT2D eigenvalue weighted by atomic mass is 9.96. The second kappa shape index (κ2) is 13.8. The minimum Gasteiger partial charge on any atom is -0.497 e. The van der Waals surface area contributed by atoms with E-state index in [9.17, 15) is 17.6 Å². The van der Waals surface area contributed by atoms with Gasteiger partial charge in [0, 0.05) is 48.6 Å². The van der Waals surface area contributed by atoms with E-state index >= 15 is 0 Å². The van der Waals surface area contributed by atoms with Gasteiger partial charge < -0.3 is 19.7 Å². The first-order valence-corrected chi connectivity index (χ1v) is 15.8. The Bertz CT molecular complexity index is 1690. The van der Waals surface area contributed by atoms with Crippen LogP contribution in [0.15, 0.2) is 60.9 Å². The van der Waals surface area contributed by atoms with E-state index in [1.807, 2.05) is 35.2 Å². The molecule has 0 bridgehead atoms. The second-order valence-electron chi connectivity index (χ2n) is 10.3. The number of carbonyl (C=O) groups is 1. The van der Waals surface area contributed by atoms with E-state index in [2.05, 4.69) is 29.7 Å². The highest BCUT2D eigenvalue weighted by Gasteiger charge is 2.24. The van der Waals surface area contributed by atoms with E-state index in [-0.39, 0.29) is 30.9 Å². The van der Waals surface area contributed by atoms with Crippen LogP contribution in [0.2, 0.25) is 0 Å². The average Bonchev–Trinajstić information content (AvgIpc) is 3.57. The van der Waals surface area contributed by atoms with Gasteiger partial charge in [-0.3, -0.25) is 14.1 Å². The van der Waals surface area contributed by atoms with Crippen molar-refractivity contribution in [1.82, 2.24) is 25.5 Å². The van der Waals surface area contributed by atoms with Gasteiger partial charge in [0.1, 0.15) is 24.7 Å². The highest BCUT2D eigenvalue weighted by atomic mass is 32.2. The van der Waals surface area contributed by atoms with E-state index in [1.165, 1.54) is 13.3 Å². The van der Waals surface area contributed by atoms with E-state index in [0.717, 1.165) is 35.9 Å². The maximum atomic E-state index is 14.9. The summed E-state index contributed by atoms with van der Waals surface area (Å²) in [5.74, 6) is 0.872. The first kappa shape index (κ1) is 30.9. The molecule has 44 heavy (non-hydrogen) atoms. The summed E-state index contributed by atoms with van der Waals surface area (Å²) >= 11 is 0. The third kappa shape index (κ3) is 8.08. The standard InChI is InChI=1S/C30H33FN6O6S/c1-41-24-15-23(16-25(17-24)42-12-13-43-44(2,39)40)30(38)33-18-20-7-10-37(11-8-20)29-26(31)19-32-28(35-29)22-5-3-4-21(14-22)27-6-9-34-36-27/h3-6,9,14-17,19-20H,7-8,10-13,18H2,1-2H3,(H,33,38)(H,34,36). The molecular weight excluding hydrogens is 591 g/mol. The molecule has 2 aromatic heterocycles. The average molecular weight is 625 g/mol. The molecule has 1 amide bonds. The van der Waals surface area contributed by atoms with E-state index < -0.39 is 15.9 Å². The lowest BCUT2D eigenvalue weighted by Crippen LogP contribution is -2.39. The summed E-state index contributed by atoms with van der Waals surface area (Å²) in [5.41, 5.74) is 2.90. The number of piperidine rings is 1. The van der Waals surface area contributed by atoms with Crippen molar-refractivity contribution in [2.45, 2.75) is 12.8 Å². The summed E-state index contributed by atoms with van der Waals surface area (Å²) in [6.45, 7) is 1.42. The number of H-pyrrole nitrogens is 1. The number of aromatic amines is 1. The molecule has 0 saturated carbocycles. The number of nitrogens with zero attached hydrogens (tertiary/aromatic N) is 4. The minimum atomic E-state index is -3.57. The summed E-state index contributed by atoms with van der Waals surface area (Å²) in [5, 5.41) is 9.90. The monoisotopic (exact) mass is 624 g/mol. The third-order valence-corrected chi connectivity index (χ3v) is 7.75. The van der Waals surface area contributed by atoms with Gasteiger partial charge in [-0.2, -0.15) is 13.5 Å². The van der Waals surface area contributed by atoms with Crippen LogP contribution in [-0.2, 0) is 14.3 Å². The molecule has 1 aliphatic heterocycles. The molecule has 14 heteroatoms. The Morgan fingerprint density at radius 3 is 2.59 bits per heavy atom. The summed E-state index contributed by atoms with van der Waals surface area (Å²) < 4.78 is 52.6. The maximum absolute atomic E-state index is 14.9. The van der Waals surface area contributed by atoms with Crippen molar-refractivity contribution < 1.29 is 31.3 Å².